The second-order valence-electron chi connectivity index (χ2n) is 2.21. The number of rotatable bonds is 2. The lowest BCUT2D eigenvalue weighted by atomic mass is 10.3. The Labute approximate surface area is 60.5 Å². The summed E-state index contributed by atoms with van der Waals surface area (Å²) in [6, 6.07) is 0. The molecule has 0 aliphatic carbocycles. The molecular weight excluding hydrogens is 154 g/mol. The van der Waals surface area contributed by atoms with Crippen LogP contribution in [0.4, 0.5) is 0 Å². The van der Waals surface area contributed by atoms with Crippen LogP contribution in [0.25, 0.3) is 0 Å². The molecule has 0 aromatic carbocycles. The highest BCUT2D eigenvalue weighted by molar-refractivity contribution is 7.92. The molecule has 0 saturated carbocycles. The normalized spacial score (nSPS) is 16.9. The summed E-state index contributed by atoms with van der Waals surface area (Å²) in [6.07, 6.45) is 1.10. The first kappa shape index (κ1) is 9.42. The van der Waals surface area contributed by atoms with E-state index in [1.165, 1.54) is 13.8 Å². The van der Waals surface area contributed by atoms with Crippen molar-refractivity contribution in [2.75, 3.05) is 6.26 Å². The van der Waals surface area contributed by atoms with Gasteiger partial charge in [-0.1, -0.05) is 5.16 Å². The molecule has 0 radical (unpaired) electrons. The molecule has 0 aromatic rings. The van der Waals surface area contributed by atoms with Crippen LogP contribution in [-0.2, 0) is 9.84 Å². The van der Waals surface area contributed by atoms with Gasteiger partial charge in [0.05, 0.1) is 11.0 Å². The van der Waals surface area contributed by atoms with Crippen molar-refractivity contribution in [3.05, 3.63) is 0 Å². The van der Waals surface area contributed by atoms with E-state index in [0.717, 1.165) is 6.26 Å². The SMILES string of the molecule is C/C(=N\O)C(C)S(C)(=O)=O. The predicted octanol–water partition coefficient (Wildman–Crippen LogP) is 0.270. The van der Waals surface area contributed by atoms with Gasteiger partial charge in [0.15, 0.2) is 9.84 Å². The van der Waals surface area contributed by atoms with Gasteiger partial charge in [0.2, 0.25) is 0 Å². The summed E-state index contributed by atoms with van der Waals surface area (Å²) >= 11 is 0. The molecule has 1 N–H and O–H groups in total. The summed E-state index contributed by atoms with van der Waals surface area (Å²) in [5.41, 5.74) is 0.211. The Balaban J connectivity index is 4.55. The average molecular weight is 165 g/mol. The summed E-state index contributed by atoms with van der Waals surface area (Å²) in [6.45, 7) is 2.94. The lowest BCUT2D eigenvalue weighted by Gasteiger charge is -2.05. The van der Waals surface area contributed by atoms with Crippen LogP contribution in [0.2, 0.25) is 0 Å². The monoisotopic (exact) mass is 165 g/mol. The summed E-state index contributed by atoms with van der Waals surface area (Å²) in [4.78, 5) is 0. The smallest absolute Gasteiger partial charge is 0.155 e. The Hall–Kier alpha value is -0.580. The zero-order chi connectivity index (χ0) is 8.36. The lowest BCUT2D eigenvalue weighted by Crippen LogP contribution is -2.23. The van der Waals surface area contributed by atoms with Gasteiger partial charge in [0, 0.05) is 6.26 Å². The number of oxime groups is 1. The number of nitrogens with zero attached hydrogens (tertiary/aromatic N) is 1. The van der Waals surface area contributed by atoms with Crippen LogP contribution in [0.3, 0.4) is 0 Å². The Kier molecular flexibility index (Phi) is 2.83. The summed E-state index contributed by atoms with van der Waals surface area (Å²) in [5, 5.41) is 10.3. The molecule has 0 spiro atoms. The predicted molar refractivity (Wildman–Crippen MR) is 39.2 cm³/mol. The van der Waals surface area contributed by atoms with Gasteiger partial charge in [-0.2, -0.15) is 0 Å². The van der Waals surface area contributed by atoms with E-state index in [1.807, 2.05) is 0 Å². The summed E-state index contributed by atoms with van der Waals surface area (Å²) in [7, 11) is -3.10. The van der Waals surface area contributed by atoms with Gasteiger partial charge < -0.3 is 5.21 Å². The third-order valence-electron chi connectivity index (χ3n) is 1.39. The summed E-state index contributed by atoms with van der Waals surface area (Å²) < 4.78 is 21.5. The van der Waals surface area contributed by atoms with Gasteiger partial charge in [-0.25, -0.2) is 8.42 Å². The molecule has 0 heterocycles. The van der Waals surface area contributed by atoms with Crippen LogP contribution in [-0.4, -0.2) is 30.8 Å². The minimum atomic E-state index is -3.10. The lowest BCUT2D eigenvalue weighted by molar-refractivity contribution is 0.317. The van der Waals surface area contributed by atoms with Crippen molar-refractivity contribution in [2.45, 2.75) is 19.1 Å². The molecule has 0 amide bonds. The first-order chi connectivity index (χ1) is 4.39. The van der Waals surface area contributed by atoms with Crippen molar-refractivity contribution in [1.82, 2.24) is 0 Å². The molecule has 0 aromatic heterocycles. The topological polar surface area (TPSA) is 66.7 Å². The molecule has 0 rings (SSSR count). The van der Waals surface area contributed by atoms with E-state index >= 15 is 0 Å². The molecule has 0 fully saturated rings. The summed E-state index contributed by atoms with van der Waals surface area (Å²) in [5.74, 6) is 0. The van der Waals surface area contributed by atoms with Crippen LogP contribution >= 0.6 is 0 Å². The molecule has 1 atom stereocenters. The molecule has 60 valence electrons. The zero-order valence-electron chi connectivity index (χ0n) is 6.20. The van der Waals surface area contributed by atoms with Crippen molar-refractivity contribution < 1.29 is 13.6 Å². The largest absolute Gasteiger partial charge is 0.411 e. The third kappa shape index (κ3) is 2.34. The zero-order valence-corrected chi connectivity index (χ0v) is 7.01. The molecule has 0 saturated heterocycles. The van der Waals surface area contributed by atoms with E-state index in [2.05, 4.69) is 5.16 Å². The highest BCUT2D eigenvalue weighted by Gasteiger charge is 2.17. The molecule has 5 heteroatoms. The van der Waals surface area contributed by atoms with E-state index in [9.17, 15) is 8.42 Å². The van der Waals surface area contributed by atoms with Crippen molar-refractivity contribution in [3.8, 4) is 0 Å². The highest BCUT2D eigenvalue weighted by atomic mass is 32.2. The van der Waals surface area contributed by atoms with Gasteiger partial charge in [-0.05, 0) is 13.8 Å². The Morgan fingerprint density at radius 1 is 1.60 bits per heavy atom. The maximum Gasteiger partial charge on any atom is 0.155 e. The van der Waals surface area contributed by atoms with Crippen LogP contribution in [0.1, 0.15) is 13.8 Å². The molecule has 4 nitrogen and oxygen atoms in total. The third-order valence-corrected chi connectivity index (χ3v) is 3.01. The molecule has 0 aliphatic heterocycles. The Morgan fingerprint density at radius 3 is 2.10 bits per heavy atom. The molecular formula is C5H11NO3S. The van der Waals surface area contributed by atoms with Crippen LogP contribution < -0.4 is 0 Å². The van der Waals surface area contributed by atoms with Gasteiger partial charge >= 0.3 is 0 Å². The fourth-order valence-corrected chi connectivity index (χ4v) is 1.06. The average Bonchev–Trinajstić information content (AvgIpc) is 1.83. The standard InChI is InChI=1S/C5H11NO3S/c1-4(6-7)5(2)10(3,8)9/h5,7H,1-3H3/b6-4+. The van der Waals surface area contributed by atoms with Gasteiger partial charge in [0.25, 0.3) is 0 Å². The minimum absolute atomic E-state index is 0.211. The van der Waals surface area contributed by atoms with Gasteiger partial charge in [-0.15, -0.1) is 0 Å². The van der Waals surface area contributed by atoms with Gasteiger partial charge in [-0.3, -0.25) is 0 Å². The van der Waals surface area contributed by atoms with E-state index in [4.69, 9.17) is 5.21 Å². The maximum atomic E-state index is 10.7. The van der Waals surface area contributed by atoms with Crippen molar-refractivity contribution in [3.63, 3.8) is 0 Å². The molecule has 0 bridgehead atoms. The van der Waals surface area contributed by atoms with E-state index in [-0.39, 0.29) is 5.71 Å². The second kappa shape index (κ2) is 3.01. The Bertz CT molecular complexity index is 229. The van der Waals surface area contributed by atoms with Crippen molar-refractivity contribution >= 4 is 15.5 Å². The molecule has 10 heavy (non-hydrogen) atoms. The molecule has 0 aliphatic rings. The Morgan fingerprint density at radius 2 is 2.00 bits per heavy atom. The number of hydrogen-bond donors (Lipinski definition) is 1. The minimum Gasteiger partial charge on any atom is -0.411 e. The van der Waals surface area contributed by atoms with Crippen LogP contribution in [0.5, 0.6) is 0 Å². The van der Waals surface area contributed by atoms with Crippen molar-refractivity contribution in [1.29, 1.82) is 0 Å². The fourth-order valence-electron chi connectivity index (χ4n) is 0.391. The first-order valence-corrected chi connectivity index (χ1v) is 4.72. The quantitative estimate of drug-likeness (QED) is 0.363. The van der Waals surface area contributed by atoms with Crippen LogP contribution in [0, 0.1) is 0 Å². The number of sulfone groups is 1. The van der Waals surface area contributed by atoms with E-state index in [1.54, 1.807) is 0 Å². The first-order valence-electron chi connectivity index (χ1n) is 2.77. The van der Waals surface area contributed by atoms with E-state index < -0.39 is 15.1 Å². The van der Waals surface area contributed by atoms with Crippen molar-refractivity contribution in [2.24, 2.45) is 5.16 Å². The molecule has 1 unspecified atom stereocenters. The second-order valence-corrected chi connectivity index (χ2v) is 4.58. The maximum absolute atomic E-state index is 10.7. The fraction of sp³-hybridized carbons (Fsp3) is 0.800. The highest BCUT2D eigenvalue weighted by Crippen LogP contribution is 1.99. The van der Waals surface area contributed by atoms with Gasteiger partial charge in [0.1, 0.15) is 0 Å². The number of hydrogen-bond acceptors (Lipinski definition) is 4. The van der Waals surface area contributed by atoms with Crippen LogP contribution in [0.15, 0.2) is 5.16 Å². The van der Waals surface area contributed by atoms with E-state index in [0.29, 0.717) is 0 Å².